The first kappa shape index (κ1) is 15.9. The highest BCUT2D eigenvalue weighted by atomic mass is 16.1. The molecular weight excluding hydrogens is 356 g/mol. The second-order valence-corrected chi connectivity index (χ2v) is 5.92. The average Bonchev–Trinajstić information content (AvgIpc) is 3.22. The third-order valence-corrected chi connectivity index (χ3v) is 4.17. The number of hydrogen-bond donors (Lipinski definition) is 2. The Kier molecular flexibility index (Phi) is 3.68. The summed E-state index contributed by atoms with van der Waals surface area (Å²) in [4.78, 5) is 44.2. The molecule has 0 unspecified atom stereocenters. The normalized spacial score (nSPS) is 11.0. The number of H-pyrrole nitrogens is 2. The van der Waals surface area contributed by atoms with Crippen molar-refractivity contribution in [2.45, 2.75) is 0 Å². The molecule has 134 valence electrons. The predicted octanol–water partition coefficient (Wildman–Crippen LogP) is 2.23. The van der Waals surface area contributed by atoms with Crippen LogP contribution >= 0.6 is 0 Å². The molecular formula is C19H12N8O. The van der Waals surface area contributed by atoms with Crippen LogP contribution in [0.3, 0.4) is 0 Å². The Labute approximate surface area is 157 Å². The van der Waals surface area contributed by atoms with Gasteiger partial charge < -0.3 is 9.97 Å². The van der Waals surface area contributed by atoms with E-state index < -0.39 is 0 Å². The maximum Gasteiger partial charge on any atom is 0.259 e. The van der Waals surface area contributed by atoms with Gasteiger partial charge in [-0.3, -0.25) is 9.78 Å². The van der Waals surface area contributed by atoms with Crippen LogP contribution < -0.4 is 5.56 Å². The van der Waals surface area contributed by atoms with E-state index in [4.69, 9.17) is 0 Å². The van der Waals surface area contributed by atoms with Crippen molar-refractivity contribution >= 4 is 11.2 Å². The topological polar surface area (TPSA) is 126 Å². The highest BCUT2D eigenvalue weighted by molar-refractivity contribution is 5.79. The van der Waals surface area contributed by atoms with Gasteiger partial charge >= 0.3 is 0 Å². The van der Waals surface area contributed by atoms with Gasteiger partial charge in [0.1, 0.15) is 11.2 Å². The molecule has 9 nitrogen and oxygen atoms in total. The molecule has 28 heavy (non-hydrogen) atoms. The summed E-state index contributed by atoms with van der Waals surface area (Å²) in [6.07, 6.45) is 8.06. The molecule has 2 N–H and O–H groups in total. The molecule has 5 heterocycles. The van der Waals surface area contributed by atoms with Gasteiger partial charge in [-0.1, -0.05) is 6.07 Å². The summed E-state index contributed by atoms with van der Waals surface area (Å²) in [5.41, 5.74) is 3.13. The maximum absolute atomic E-state index is 12.2. The first-order chi connectivity index (χ1) is 13.8. The van der Waals surface area contributed by atoms with Gasteiger partial charge in [-0.05, 0) is 24.3 Å². The van der Waals surface area contributed by atoms with Crippen molar-refractivity contribution in [2.24, 2.45) is 0 Å². The van der Waals surface area contributed by atoms with Gasteiger partial charge in [0, 0.05) is 18.6 Å². The Morgan fingerprint density at radius 3 is 2.54 bits per heavy atom. The molecule has 9 heteroatoms. The summed E-state index contributed by atoms with van der Waals surface area (Å²) < 4.78 is 0. The zero-order valence-corrected chi connectivity index (χ0v) is 14.4. The lowest BCUT2D eigenvalue weighted by Gasteiger charge is -2.09. The van der Waals surface area contributed by atoms with E-state index in [9.17, 15) is 4.79 Å². The second kappa shape index (κ2) is 6.47. The second-order valence-electron chi connectivity index (χ2n) is 5.92. The van der Waals surface area contributed by atoms with Crippen LogP contribution in [-0.4, -0.2) is 39.9 Å². The number of hydrogen-bond acceptors (Lipinski definition) is 7. The lowest BCUT2D eigenvalue weighted by Crippen LogP contribution is -2.10. The number of fused-ring (bicyclic) bond motifs is 1. The number of nitrogens with zero attached hydrogens (tertiary/aromatic N) is 6. The molecule has 5 aromatic rings. The average molecular weight is 368 g/mol. The lowest BCUT2D eigenvalue weighted by atomic mass is 10.1. The minimum atomic E-state index is -0.267. The zero-order valence-electron chi connectivity index (χ0n) is 14.4. The van der Waals surface area contributed by atoms with Crippen LogP contribution in [0.15, 0.2) is 66.2 Å². The Bertz CT molecular complexity index is 1340. The van der Waals surface area contributed by atoms with Crippen molar-refractivity contribution in [1.82, 2.24) is 39.9 Å². The number of aromatic amines is 2. The fourth-order valence-corrected chi connectivity index (χ4v) is 2.84. The van der Waals surface area contributed by atoms with Crippen LogP contribution in [-0.2, 0) is 0 Å². The highest BCUT2D eigenvalue weighted by Gasteiger charge is 2.17. The van der Waals surface area contributed by atoms with Crippen LogP contribution in [0.2, 0.25) is 0 Å². The van der Waals surface area contributed by atoms with Gasteiger partial charge in [0.15, 0.2) is 17.3 Å². The number of imidazole rings is 1. The third-order valence-electron chi connectivity index (χ3n) is 4.17. The molecule has 0 saturated carbocycles. The molecule has 0 aliphatic heterocycles. The Hall–Kier alpha value is -4.27. The minimum Gasteiger partial charge on any atom is -0.342 e. The van der Waals surface area contributed by atoms with Crippen LogP contribution in [0.1, 0.15) is 0 Å². The van der Waals surface area contributed by atoms with E-state index in [0.29, 0.717) is 39.8 Å². The first-order valence-electron chi connectivity index (χ1n) is 8.42. The van der Waals surface area contributed by atoms with Gasteiger partial charge in [-0.15, -0.1) is 0 Å². The van der Waals surface area contributed by atoms with E-state index in [1.165, 1.54) is 0 Å². The molecule has 0 fully saturated rings. The van der Waals surface area contributed by atoms with E-state index >= 15 is 0 Å². The summed E-state index contributed by atoms with van der Waals surface area (Å²) in [5, 5.41) is 0. The SMILES string of the molecule is O=c1[nH]cccc1-c1ncc(-c2ncc3[nH]cnc3n2)c(-c2ccccn2)n1. The van der Waals surface area contributed by atoms with E-state index in [1.807, 2.05) is 18.2 Å². The smallest absolute Gasteiger partial charge is 0.259 e. The Balaban J connectivity index is 1.74. The standard InChI is InChI=1S/C19H12N8O/c28-19-11(4-3-7-21-19)16-22-8-12(15(26-16)13-5-1-2-6-20-13)17-23-9-14-18(27-17)25-10-24-14/h1-10H,(H,21,28)(H,23,24,25,27). The van der Waals surface area contributed by atoms with Crippen molar-refractivity contribution in [3.05, 3.63) is 71.8 Å². The minimum absolute atomic E-state index is 0.267. The number of pyridine rings is 2. The predicted molar refractivity (Wildman–Crippen MR) is 102 cm³/mol. The quantitative estimate of drug-likeness (QED) is 0.500. The molecule has 5 aromatic heterocycles. The molecule has 0 radical (unpaired) electrons. The van der Waals surface area contributed by atoms with Crippen LogP contribution in [0, 0.1) is 0 Å². The molecule has 0 bridgehead atoms. The first-order valence-corrected chi connectivity index (χ1v) is 8.42. The monoisotopic (exact) mass is 368 g/mol. The molecule has 0 aliphatic carbocycles. The molecule has 0 amide bonds. The fourth-order valence-electron chi connectivity index (χ4n) is 2.84. The van der Waals surface area contributed by atoms with Crippen molar-refractivity contribution < 1.29 is 0 Å². The van der Waals surface area contributed by atoms with E-state index in [1.54, 1.807) is 43.2 Å². The third kappa shape index (κ3) is 2.71. The highest BCUT2D eigenvalue weighted by Crippen LogP contribution is 2.28. The van der Waals surface area contributed by atoms with Crippen molar-refractivity contribution in [3.8, 4) is 34.2 Å². The van der Waals surface area contributed by atoms with E-state index in [2.05, 4.69) is 39.9 Å². The van der Waals surface area contributed by atoms with Crippen molar-refractivity contribution in [1.29, 1.82) is 0 Å². The summed E-state index contributed by atoms with van der Waals surface area (Å²) in [7, 11) is 0. The van der Waals surface area contributed by atoms with Crippen LogP contribution in [0.25, 0.3) is 45.3 Å². The molecule has 0 atom stereocenters. The summed E-state index contributed by atoms with van der Waals surface area (Å²) in [6, 6.07) is 8.91. The largest absolute Gasteiger partial charge is 0.342 e. The lowest BCUT2D eigenvalue weighted by molar-refractivity contribution is 1.11. The Morgan fingerprint density at radius 2 is 1.68 bits per heavy atom. The van der Waals surface area contributed by atoms with Gasteiger partial charge in [0.05, 0.1) is 29.3 Å². The molecule has 0 aliphatic rings. The molecule has 0 saturated heterocycles. The number of aromatic nitrogens is 8. The molecule has 0 spiro atoms. The Morgan fingerprint density at radius 1 is 0.786 bits per heavy atom. The van der Waals surface area contributed by atoms with E-state index in [0.717, 1.165) is 5.52 Å². The zero-order chi connectivity index (χ0) is 18.9. The number of rotatable bonds is 3. The van der Waals surface area contributed by atoms with Gasteiger partial charge in [0.25, 0.3) is 5.56 Å². The molecule has 5 rings (SSSR count). The number of nitrogens with one attached hydrogen (secondary N) is 2. The van der Waals surface area contributed by atoms with Gasteiger partial charge in [-0.2, -0.15) is 0 Å². The summed E-state index contributed by atoms with van der Waals surface area (Å²) in [5.74, 6) is 0.723. The fraction of sp³-hybridized carbons (Fsp3) is 0. The van der Waals surface area contributed by atoms with E-state index in [-0.39, 0.29) is 5.56 Å². The van der Waals surface area contributed by atoms with Crippen LogP contribution in [0.5, 0.6) is 0 Å². The van der Waals surface area contributed by atoms with Crippen molar-refractivity contribution in [2.75, 3.05) is 0 Å². The van der Waals surface area contributed by atoms with Gasteiger partial charge in [-0.25, -0.2) is 24.9 Å². The van der Waals surface area contributed by atoms with Gasteiger partial charge in [0.2, 0.25) is 0 Å². The summed E-state index contributed by atoms with van der Waals surface area (Å²) in [6.45, 7) is 0. The molecule has 0 aromatic carbocycles. The maximum atomic E-state index is 12.2. The summed E-state index contributed by atoms with van der Waals surface area (Å²) >= 11 is 0. The van der Waals surface area contributed by atoms with Crippen molar-refractivity contribution in [3.63, 3.8) is 0 Å². The van der Waals surface area contributed by atoms with Crippen LogP contribution in [0.4, 0.5) is 0 Å².